The van der Waals surface area contributed by atoms with Crippen molar-refractivity contribution >= 4 is 64.6 Å². The number of likely N-dealkylation sites (tertiary alicyclic amines) is 2. The standard InChI is InChI=1S/C54H85N11O17S/c1-33-45(83-32-59-33)36-12-10-35(11-13-36)29-58-48(72)41-28-37(68)30-65(41)51(75)46(54(3,4)5)62-43(70)15-19-79-21-23-81-25-27-82-26-24-80-22-20-78-18-14-42(69)60-39(31-66)50(74)64-17-7-9-40(64)49(73)61-38(8-6-16-57-53(55)56)47(71)63-44(34(2)67)52(76)77/h10-13,32,34,37-41,44,46,66-68H,6-9,14-31H2,1-5H3,(H,58,72)(H,60,69)(H,61,73)(H,62,70)(H,63,71)(H,76,77)(H4,55,56,57)/t34-,37+,38-,39-,40?,41-,44-,46+/m0/s1. The average Bonchev–Trinajstić information content (AvgIpc) is 4.06. The van der Waals surface area contributed by atoms with Crippen molar-refractivity contribution in [1.29, 1.82) is 0 Å². The number of nitrogens with two attached hydrogens (primary N) is 2. The van der Waals surface area contributed by atoms with E-state index in [1.807, 2.05) is 52.0 Å². The summed E-state index contributed by atoms with van der Waals surface area (Å²) in [5.41, 5.74) is 14.7. The number of rotatable bonds is 37. The Morgan fingerprint density at radius 3 is 1.88 bits per heavy atom. The number of aliphatic imine (C=N–C) groups is 1. The van der Waals surface area contributed by atoms with E-state index >= 15 is 0 Å². The SMILES string of the molecule is Cc1ncsc1-c1ccc(CNC(=O)[C@@H]2C[C@@H](O)CN2C(=O)[C@@H](NC(=O)CCOCCOCCOCCOCCOCCC(=O)N[C@@H](CO)C(=O)N2CCCC2C(=O)N[C@@H](CCCN=C(N)N)C(=O)N[C@H](C(=O)O)[C@H](C)O)C(C)(C)C)cc1. The van der Waals surface area contributed by atoms with Crippen LogP contribution in [0.15, 0.2) is 34.8 Å². The average molecular weight is 1190 g/mol. The third-order valence-corrected chi connectivity index (χ3v) is 14.4. The van der Waals surface area contributed by atoms with E-state index in [1.54, 1.807) is 16.8 Å². The molecule has 0 aliphatic carbocycles. The molecule has 0 radical (unpaired) electrons. The first kappa shape index (κ1) is 69.1. The first-order chi connectivity index (χ1) is 39.5. The zero-order chi connectivity index (χ0) is 61.1. The van der Waals surface area contributed by atoms with Crippen LogP contribution < -0.4 is 38.1 Å². The van der Waals surface area contributed by atoms with Gasteiger partial charge in [0.25, 0.3) is 0 Å². The zero-order valence-corrected chi connectivity index (χ0v) is 48.8. The highest BCUT2D eigenvalue weighted by Gasteiger charge is 2.45. The zero-order valence-electron chi connectivity index (χ0n) is 48.0. The van der Waals surface area contributed by atoms with Gasteiger partial charge in [0.15, 0.2) is 12.0 Å². The molecule has 13 N–H and O–H groups in total. The van der Waals surface area contributed by atoms with E-state index in [0.717, 1.165) is 21.7 Å². The second-order valence-corrected chi connectivity index (χ2v) is 21.9. The maximum absolute atomic E-state index is 14.0. The minimum Gasteiger partial charge on any atom is -0.480 e. The van der Waals surface area contributed by atoms with Crippen molar-refractivity contribution in [1.82, 2.24) is 41.4 Å². The second kappa shape index (κ2) is 35.6. The smallest absolute Gasteiger partial charge is 0.328 e. The minimum absolute atomic E-state index is 0.0215. The number of aryl methyl sites for hydroxylation is 1. The maximum Gasteiger partial charge on any atom is 0.328 e. The molecule has 464 valence electrons. The van der Waals surface area contributed by atoms with E-state index in [2.05, 4.69) is 36.6 Å². The number of guanidine groups is 1. The van der Waals surface area contributed by atoms with Crippen LogP contribution in [0.4, 0.5) is 0 Å². The summed E-state index contributed by atoms with van der Waals surface area (Å²) in [4.78, 5) is 117. The van der Waals surface area contributed by atoms with Crippen LogP contribution in [-0.4, -0.2) is 229 Å². The van der Waals surface area contributed by atoms with E-state index in [0.29, 0.717) is 6.42 Å². The van der Waals surface area contributed by atoms with Crippen molar-refractivity contribution in [3.8, 4) is 10.4 Å². The predicted octanol–water partition coefficient (Wildman–Crippen LogP) is -1.95. The molecule has 0 spiro atoms. The lowest BCUT2D eigenvalue weighted by atomic mass is 9.85. The Bertz CT molecular complexity index is 2440. The van der Waals surface area contributed by atoms with Gasteiger partial charge >= 0.3 is 5.97 Å². The van der Waals surface area contributed by atoms with Gasteiger partial charge in [-0.25, -0.2) is 9.78 Å². The van der Waals surface area contributed by atoms with Gasteiger partial charge in [0.1, 0.15) is 30.2 Å². The molecule has 3 heterocycles. The molecule has 8 atom stereocenters. The molecule has 2 aliphatic rings. The molecule has 2 fully saturated rings. The Morgan fingerprint density at radius 2 is 1.36 bits per heavy atom. The molecule has 83 heavy (non-hydrogen) atoms. The van der Waals surface area contributed by atoms with Gasteiger partial charge in [0.05, 0.1) is 101 Å². The fourth-order valence-electron chi connectivity index (χ4n) is 8.96. The molecule has 0 bridgehead atoms. The Balaban J connectivity index is 1.03. The van der Waals surface area contributed by atoms with E-state index in [9.17, 15) is 58.8 Å². The number of aromatic nitrogens is 1. The lowest BCUT2D eigenvalue weighted by Gasteiger charge is -2.35. The molecule has 2 aromatic rings. The number of aliphatic hydroxyl groups excluding tert-OH is 3. The quantitative estimate of drug-likeness (QED) is 0.0199. The summed E-state index contributed by atoms with van der Waals surface area (Å²) in [7, 11) is 0. The van der Waals surface area contributed by atoms with Gasteiger partial charge in [-0.15, -0.1) is 11.3 Å². The molecule has 1 aromatic carbocycles. The summed E-state index contributed by atoms with van der Waals surface area (Å²) in [5, 5.41) is 52.8. The highest BCUT2D eigenvalue weighted by atomic mass is 32.1. The van der Waals surface area contributed by atoms with Crippen molar-refractivity contribution < 1.29 is 82.5 Å². The number of aliphatic carboxylic acids is 1. The van der Waals surface area contributed by atoms with Crippen molar-refractivity contribution in [2.45, 2.75) is 135 Å². The van der Waals surface area contributed by atoms with Gasteiger partial charge in [-0.3, -0.25) is 38.6 Å². The van der Waals surface area contributed by atoms with Gasteiger partial charge in [-0.2, -0.15) is 0 Å². The number of hydrogen-bond donors (Lipinski definition) is 11. The van der Waals surface area contributed by atoms with Crippen LogP contribution >= 0.6 is 11.3 Å². The molecule has 7 amide bonds. The van der Waals surface area contributed by atoms with E-state index < -0.39 is 108 Å². The fourth-order valence-corrected chi connectivity index (χ4v) is 9.77. The highest BCUT2D eigenvalue weighted by molar-refractivity contribution is 7.13. The summed E-state index contributed by atoms with van der Waals surface area (Å²) in [6.07, 6.45) is -1.66. The number of carbonyl (C=O) groups excluding carboxylic acids is 7. The van der Waals surface area contributed by atoms with Crippen molar-refractivity contribution in [3.05, 3.63) is 41.0 Å². The number of benzene rings is 1. The molecule has 4 rings (SSSR count). The second-order valence-electron chi connectivity index (χ2n) is 21.1. The molecule has 1 unspecified atom stereocenters. The number of carboxylic acids is 1. The van der Waals surface area contributed by atoms with E-state index in [4.69, 9.17) is 35.2 Å². The molecule has 29 heteroatoms. The van der Waals surface area contributed by atoms with Crippen molar-refractivity contribution in [3.63, 3.8) is 0 Å². The van der Waals surface area contributed by atoms with Gasteiger partial charge in [-0.1, -0.05) is 45.0 Å². The number of nitrogens with zero attached hydrogens (tertiary/aromatic N) is 4. The lowest BCUT2D eigenvalue weighted by Crippen LogP contribution is -2.58. The topological polar surface area (TPSA) is 408 Å². The summed E-state index contributed by atoms with van der Waals surface area (Å²) in [5.74, 6) is -5.87. The monoisotopic (exact) mass is 1190 g/mol. The van der Waals surface area contributed by atoms with Crippen LogP contribution in [0.25, 0.3) is 10.4 Å². The number of thiazole rings is 1. The van der Waals surface area contributed by atoms with E-state index in [-0.39, 0.29) is 137 Å². The molecular weight excluding hydrogens is 1110 g/mol. The number of amides is 7. The third-order valence-electron chi connectivity index (χ3n) is 13.4. The van der Waals surface area contributed by atoms with Gasteiger partial charge in [0, 0.05) is 45.4 Å². The molecule has 28 nitrogen and oxygen atoms in total. The maximum atomic E-state index is 14.0. The highest BCUT2D eigenvalue weighted by Crippen LogP contribution is 2.29. The lowest BCUT2D eigenvalue weighted by molar-refractivity contribution is -0.146. The first-order valence-corrected chi connectivity index (χ1v) is 28.6. The molecular formula is C54H85N11O17S. The summed E-state index contributed by atoms with van der Waals surface area (Å²) in [6.45, 7) is 10.2. The van der Waals surface area contributed by atoms with Crippen molar-refractivity contribution in [2.75, 3.05) is 92.3 Å². The molecule has 2 aliphatic heterocycles. The van der Waals surface area contributed by atoms with Crippen LogP contribution in [0.1, 0.15) is 83.9 Å². The number of β-amino-alcohol motifs (C(OH)–C–C–N with tert-alkyl or cyclic N) is 1. The Kier molecular flexibility index (Phi) is 29.7. The Hall–Kier alpha value is -6.44. The molecule has 2 saturated heterocycles. The van der Waals surface area contributed by atoms with Gasteiger partial charge in [-0.05, 0) is 56.1 Å². The number of nitrogens with one attached hydrogen (secondary N) is 5. The number of aliphatic hydroxyl groups is 3. The first-order valence-electron chi connectivity index (χ1n) is 27.7. The number of carboxylic acid groups (broad SMARTS) is 1. The van der Waals surface area contributed by atoms with Crippen LogP contribution in [0.2, 0.25) is 0 Å². The summed E-state index contributed by atoms with van der Waals surface area (Å²) >= 11 is 1.55. The predicted molar refractivity (Wildman–Crippen MR) is 302 cm³/mol. The molecule has 0 saturated carbocycles. The minimum atomic E-state index is -1.66. The van der Waals surface area contributed by atoms with Gasteiger partial charge in [0.2, 0.25) is 41.4 Å². The fraction of sp³-hybridized carbons (Fsp3) is 0.667. The van der Waals surface area contributed by atoms with E-state index in [1.165, 1.54) is 16.7 Å². The Morgan fingerprint density at radius 1 is 0.783 bits per heavy atom. The summed E-state index contributed by atoms with van der Waals surface area (Å²) in [6, 6.07) is 0.515. The summed E-state index contributed by atoms with van der Waals surface area (Å²) < 4.78 is 27.6. The third kappa shape index (κ3) is 23.6. The normalized spacial score (nSPS) is 17.9. The largest absolute Gasteiger partial charge is 0.480 e. The number of ether oxygens (including phenoxy) is 5. The number of hydrogen-bond acceptors (Lipinski definition) is 19. The van der Waals surface area contributed by atoms with Crippen LogP contribution in [0, 0.1) is 12.3 Å². The van der Waals surface area contributed by atoms with Crippen LogP contribution in [0.5, 0.6) is 0 Å². The Labute approximate surface area is 487 Å². The number of carbonyl (C=O) groups is 8. The van der Waals surface area contributed by atoms with Crippen LogP contribution in [-0.2, 0) is 68.6 Å². The van der Waals surface area contributed by atoms with Crippen LogP contribution in [0.3, 0.4) is 0 Å². The molecule has 1 aromatic heterocycles. The van der Waals surface area contributed by atoms with Crippen molar-refractivity contribution in [2.24, 2.45) is 21.9 Å². The van der Waals surface area contributed by atoms with Gasteiger partial charge < -0.3 is 92.0 Å².